The minimum Gasteiger partial charge on any atom is -0.497 e. The van der Waals surface area contributed by atoms with Crippen LogP contribution in [0.15, 0.2) is 54.6 Å². The molecule has 1 heterocycles. The second-order valence-electron chi connectivity index (χ2n) is 7.71. The summed E-state index contributed by atoms with van der Waals surface area (Å²) in [6, 6.07) is 17.5. The highest BCUT2D eigenvalue weighted by Gasteiger charge is 2.22. The average molecular weight is 422 g/mol. The van der Waals surface area contributed by atoms with Crippen LogP contribution in [-0.2, 0) is 17.6 Å². The predicted molar refractivity (Wildman–Crippen MR) is 122 cm³/mol. The van der Waals surface area contributed by atoms with Gasteiger partial charge in [-0.25, -0.2) is 4.68 Å². The topological polar surface area (TPSA) is 56.6 Å². The Labute approximate surface area is 184 Å². The van der Waals surface area contributed by atoms with Crippen LogP contribution in [0.4, 0.5) is 0 Å². The summed E-state index contributed by atoms with van der Waals surface area (Å²) >= 11 is 0. The predicted octanol–water partition coefficient (Wildman–Crippen LogP) is 5.04. The quantitative estimate of drug-likeness (QED) is 0.486. The lowest BCUT2D eigenvalue weighted by atomic mass is 10.1. The maximum Gasteiger partial charge on any atom is 0.226 e. The van der Waals surface area contributed by atoms with Gasteiger partial charge in [0.2, 0.25) is 11.8 Å². The fourth-order valence-corrected chi connectivity index (χ4v) is 3.31. The Hall–Kier alpha value is -3.28. The van der Waals surface area contributed by atoms with E-state index < -0.39 is 0 Å². The first kappa shape index (κ1) is 22.4. The van der Waals surface area contributed by atoms with Gasteiger partial charge in [-0.2, -0.15) is 5.10 Å². The van der Waals surface area contributed by atoms with Crippen LogP contribution in [0.1, 0.15) is 38.4 Å². The van der Waals surface area contributed by atoms with Crippen molar-refractivity contribution in [1.29, 1.82) is 0 Å². The smallest absolute Gasteiger partial charge is 0.226 e. The molecule has 1 aromatic heterocycles. The van der Waals surface area contributed by atoms with E-state index in [4.69, 9.17) is 14.6 Å². The van der Waals surface area contributed by atoms with Crippen molar-refractivity contribution in [3.8, 4) is 23.1 Å². The van der Waals surface area contributed by atoms with Gasteiger partial charge >= 0.3 is 0 Å². The van der Waals surface area contributed by atoms with E-state index in [1.54, 1.807) is 12.0 Å². The summed E-state index contributed by atoms with van der Waals surface area (Å²) in [6.45, 7) is 6.10. The molecule has 0 bridgehead atoms. The third kappa shape index (κ3) is 5.26. The summed E-state index contributed by atoms with van der Waals surface area (Å²) in [4.78, 5) is 14.4. The number of methoxy groups -OCH3 is 1. The van der Waals surface area contributed by atoms with Gasteiger partial charge in [0.15, 0.2) is 0 Å². The van der Waals surface area contributed by atoms with E-state index in [1.165, 1.54) is 0 Å². The van der Waals surface area contributed by atoms with E-state index in [2.05, 4.69) is 6.92 Å². The largest absolute Gasteiger partial charge is 0.497 e. The number of aryl methyl sites for hydroxylation is 1. The van der Waals surface area contributed by atoms with E-state index in [0.717, 1.165) is 34.9 Å². The molecule has 164 valence electrons. The van der Waals surface area contributed by atoms with Crippen molar-refractivity contribution >= 4 is 5.91 Å². The third-order valence-corrected chi connectivity index (χ3v) is 5.39. The Morgan fingerprint density at radius 2 is 1.74 bits per heavy atom. The molecule has 0 saturated heterocycles. The standard InChI is InChI=1S/C25H31N3O3/c1-6-23-22(16-17-24(29)27(4)18(2)3)25(31-21-10-8-7-9-11-21)28(26-23)19-12-14-20(30-5)15-13-19/h7-15,18H,6,16-17H2,1-5H3. The zero-order valence-electron chi connectivity index (χ0n) is 19.0. The second-order valence-corrected chi connectivity index (χ2v) is 7.71. The Bertz CT molecular complexity index is 995. The van der Waals surface area contributed by atoms with Crippen molar-refractivity contribution in [3.63, 3.8) is 0 Å². The number of nitrogens with zero attached hydrogens (tertiary/aromatic N) is 3. The van der Waals surface area contributed by atoms with Gasteiger partial charge in [-0.3, -0.25) is 4.79 Å². The number of benzene rings is 2. The van der Waals surface area contributed by atoms with Crippen LogP contribution < -0.4 is 9.47 Å². The molecular formula is C25H31N3O3. The monoisotopic (exact) mass is 421 g/mol. The van der Waals surface area contributed by atoms with Crippen LogP contribution in [0, 0.1) is 0 Å². The number of aromatic nitrogens is 2. The number of hydrogen-bond acceptors (Lipinski definition) is 4. The van der Waals surface area contributed by atoms with E-state index in [-0.39, 0.29) is 11.9 Å². The molecule has 0 spiro atoms. The molecule has 0 aliphatic rings. The number of amides is 1. The van der Waals surface area contributed by atoms with Crippen molar-refractivity contribution in [2.45, 2.75) is 46.1 Å². The second kappa shape index (κ2) is 10.2. The van der Waals surface area contributed by atoms with Crippen molar-refractivity contribution in [2.75, 3.05) is 14.2 Å². The number of para-hydroxylation sites is 1. The Kier molecular flexibility index (Phi) is 7.34. The molecule has 6 heteroatoms. The summed E-state index contributed by atoms with van der Waals surface area (Å²) in [5.74, 6) is 2.26. The molecule has 0 atom stereocenters. The molecule has 3 rings (SSSR count). The fraction of sp³-hybridized carbons (Fsp3) is 0.360. The van der Waals surface area contributed by atoms with Crippen molar-refractivity contribution < 1.29 is 14.3 Å². The van der Waals surface area contributed by atoms with Gasteiger partial charge in [0, 0.05) is 25.1 Å². The number of carbonyl (C=O) groups excluding carboxylic acids is 1. The van der Waals surface area contributed by atoms with E-state index in [9.17, 15) is 4.79 Å². The minimum absolute atomic E-state index is 0.111. The van der Waals surface area contributed by atoms with E-state index >= 15 is 0 Å². The lowest BCUT2D eigenvalue weighted by Gasteiger charge is -2.21. The first-order valence-electron chi connectivity index (χ1n) is 10.7. The summed E-state index contributed by atoms with van der Waals surface area (Å²) in [7, 11) is 3.49. The number of carbonyl (C=O) groups is 1. The molecule has 3 aromatic rings. The zero-order valence-corrected chi connectivity index (χ0v) is 19.0. The molecular weight excluding hydrogens is 390 g/mol. The zero-order chi connectivity index (χ0) is 22.4. The molecule has 6 nitrogen and oxygen atoms in total. The summed E-state index contributed by atoms with van der Waals surface area (Å²) < 4.78 is 13.4. The van der Waals surface area contributed by atoms with Gasteiger partial charge in [-0.05, 0) is 63.1 Å². The van der Waals surface area contributed by atoms with Gasteiger partial charge in [-0.1, -0.05) is 25.1 Å². The number of hydrogen-bond donors (Lipinski definition) is 0. The van der Waals surface area contributed by atoms with E-state index in [1.807, 2.05) is 80.2 Å². The third-order valence-electron chi connectivity index (χ3n) is 5.39. The first-order valence-corrected chi connectivity index (χ1v) is 10.7. The Morgan fingerprint density at radius 3 is 2.32 bits per heavy atom. The number of ether oxygens (including phenoxy) is 2. The molecule has 0 saturated carbocycles. The maximum atomic E-state index is 12.6. The van der Waals surface area contributed by atoms with Crippen LogP contribution in [-0.4, -0.2) is 40.8 Å². The summed E-state index contributed by atoms with van der Waals surface area (Å²) in [5.41, 5.74) is 2.77. The molecule has 1 amide bonds. The minimum atomic E-state index is 0.111. The molecule has 0 fully saturated rings. The first-order chi connectivity index (χ1) is 14.9. The van der Waals surface area contributed by atoms with Crippen LogP contribution in [0.5, 0.6) is 17.4 Å². The van der Waals surface area contributed by atoms with Crippen LogP contribution in [0.2, 0.25) is 0 Å². The van der Waals surface area contributed by atoms with Gasteiger partial charge in [0.25, 0.3) is 0 Å². The van der Waals surface area contributed by atoms with Crippen LogP contribution in [0.3, 0.4) is 0 Å². The van der Waals surface area contributed by atoms with Gasteiger partial charge in [0.05, 0.1) is 18.5 Å². The van der Waals surface area contributed by atoms with Crippen LogP contribution >= 0.6 is 0 Å². The lowest BCUT2D eigenvalue weighted by Crippen LogP contribution is -2.33. The Balaban J connectivity index is 2.00. The summed E-state index contributed by atoms with van der Waals surface area (Å²) in [5, 5.41) is 4.83. The molecule has 31 heavy (non-hydrogen) atoms. The molecule has 0 N–H and O–H groups in total. The highest BCUT2D eigenvalue weighted by atomic mass is 16.5. The fourth-order valence-electron chi connectivity index (χ4n) is 3.31. The number of rotatable bonds is 9. The van der Waals surface area contributed by atoms with Crippen molar-refractivity contribution in [2.24, 2.45) is 0 Å². The molecule has 0 unspecified atom stereocenters. The lowest BCUT2D eigenvalue weighted by molar-refractivity contribution is -0.131. The highest BCUT2D eigenvalue weighted by molar-refractivity contribution is 5.76. The SMILES string of the molecule is CCc1nn(-c2ccc(OC)cc2)c(Oc2ccccc2)c1CCC(=O)N(C)C(C)C. The summed E-state index contributed by atoms with van der Waals surface area (Å²) in [6.07, 6.45) is 1.72. The van der Waals surface area contributed by atoms with Crippen molar-refractivity contribution in [3.05, 3.63) is 65.9 Å². The van der Waals surface area contributed by atoms with Gasteiger partial charge in [-0.15, -0.1) is 0 Å². The molecule has 0 radical (unpaired) electrons. The average Bonchev–Trinajstić information content (AvgIpc) is 3.14. The van der Waals surface area contributed by atoms with Crippen molar-refractivity contribution in [1.82, 2.24) is 14.7 Å². The maximum absolute atomic E-state index is 12.6. The van der Waals surface area contributed by atoms with E-state index in [0.29, 0.717) is 18.7 Å². The Morgan fingerprint density at radius 1 is 1.06 bits per heavy atom. The van der Waals surface area contributed by atoms with Gasteiger partial charge < -0.3 is 14.4 Å². The van der Waals surface area contributed by atoms with Gasteiger partial charge in [0.1, 0.15) is 11.5 Å². The molecule has 2 aromatic carbocycles. The normalized spacial score (nSPS) is 10.9. The highest BCUT2D eigenvalue weighted by Crippen LogP contribution is 2.32. The van der Waals surface area contributed by atoms with Crippen LogP contribution in [0.25, 0.3) is 5.69 Å². The molecule has 0 aliphatic heterocycles. The molecule has 0 aliphatic carbocycles.